The monoisotopic (exact) mass is 297 g/mol. The molecular formula is C17H15NO2S. The highest BCUT2D eigenvalue weighted by molar-refractivity contribution is 7.99. The largest absolute Gasteiger partial charge is 0.497 e. The molecule has 0 unspecified atom stereocenters. The summed E-state index contributed by atoms with van der Waals surface area (Å²) in [6, 6.07) is 17.8. The van der Waals surface area contributed by atoms with E-state index < -0.39 is 0 Å². The summed E-state index contributed by atoms with van der Waals surface area (Å²) in [5.74, 6) is 1.50. The molecule has 0 saturated carbocycles. The number of benzene rings is 2. The van der Waals surface area contributed by atoms with E-state index in [1.165, 1.54) is 0 Å². The Labute approximate surface area is 128 Å². The Morgan fingerprint density at radius 1 is 1.00 bits per heavy atom. The standard InChI is InChI=1S/C17H15NO2S/c1-12-17(21-15-10-8-14(19-2)9-11-15)20-16(18-12)13-6-4-3-5-7-13/h3-11H,1-2H3. The average molecular weight is 297 g/mol. The molecule has 0 aliphatic rings. The number of rotatable bonds is 4. The van der Waals surface area contributed by atoms with Crippen molar-refractivity contribution in [2.75, 3.05) is 7.11 Å². The zero-order valence-electron chi connectivity index (χ0n) is 11.9. The molecule has 3 aromatic rings. The van der Waals surface area contributed by atoms with Gasteiger partial charge in [-0.25, -0.2) is 4.98 Å². The predicted molar refractivity (Wildman–Crippen MR) is 83.8 cm³/mol. The molecule has 21 heavy (non-hydrogen) atoms. The summed E-state index contributed by atoms with van der Waals surface area (Å²) in [7, 11) is 1.66. The van der Waals surface area contributed by atoms with Gasteiger partial charge in [-0.2, -0.15) is 0 Å². The van der Waals surface area contributed by atoms with Gasteiger partial charge < -0.3 is 9.15 Å². The molecule has 3 nitrogen and oxygen atoms in total. The van der Waals surface area contributed by atoms with Crippen molar-refractivity contribution < 1.29 is 9.15 Å². The van der Waals surface area contributed by atoms with Crippen LogP contribution in [0.25, 0.3) is 11.5 Å². The highest BCUT2D eigenvalue weighted by atomic mass is 32.2. The number of oxazole rings is 1. The fraction of sp³-hybridized carbons (Fsp3) is 0.118. The van der Waals surface area contributed by atoms with E-state index in [9.17, 15) is 0 Å². The lowest BCUT2D eigenvalue weighted by atomic mass is 10.2. The highest BCUT2D eigenvalue weighted by Crippen LogP contribution is 2.34. The van der Waals surface area contributed by atoms with Crippen molar-refractivity contribution in [2.24, 2.45) is 0 Å². The van der Waals surface area contributed by atoms with Gasteiger partial charge in [0.2, 0.25) is 5.89 Å². The van der Waals surface area contributed by atoms with Gasteiger partial charge in [-0.15, -0.1) is 0 Å². The van der Waals surface area contributed by atoms with Crippen LogP contribution in [0.5, 0.6) is 5.75 Å². The fourth-order valence-electron chi connectivity index (χ4n) is 1.93. The Hall–Kier alpha value is -2.20. The second-order valence-corrected chi connectivity index (χ2v) is 5.58. The maximum absolute atomic E-state index is 5.88. The number of nitrogens with zero attached hydrogens (tertiary/aromatic N) is 1. The first-order chi connectivity index (χ1) is 10.3. The van der Waals surface area contributed by atoms with Gasteiger partial charge in [-0.3, -0.25) is 0 Å². The Morgan fingerprint density at radius 3 is 2.38 bits per heavy atom. The molecule has 0 aliphatic heterocycles. The Balaban J connectivity index is 1.84. The van der Waals surface area contributed by atoms with Gasteiger partial charge in [0.15, 0.2) is 5.09 Å². The van der Waals surface area contributed by atoms with Crippen molar-refractivity contribution in [1.82, 2.24) is 4.98 Å². The first kappa shape index (κ1) is 13.8. The van der Waals surface area contributed by atoms with Crippen molar-refractivity contribution in [1.29, 1.82) is 0 Å². The molecule has 0 atom stereocenters. The Kier molecular flexibility index (Phi) is 3.97. The number of ether oxygens (including phenoxy) is 1. The maximum Gasteiger partial charge on any atom is 0.227 e. The molecule has 1 aromatic heterocycles. The van der Waals surface area contributed by atoms with E-state index in [-0.39, 0.29) is 0 Å². The third kappa shape index (κ3) is 3.11. The van der Waals surface area contributed by atoms with Gasteiger partial charge in [0.25, 0.3) is 0 Å². The summed E-state index contributed by atoms with van der Waals surface area (Å²) in [5, 5.41) is 0.819. The minimum atomic E-state index is 0.657. The zero-order chi connectivity index (χ0) is 14.7. The molecule has 0 aliphatic carbocycles. The second kappa shape index (κ2) is 6.06. The molecule has 4 heteroatoms. The fourth-order valence-corrected chi connectivity index (χ4v) is 2.73. The number of aromatic nitrogens is 1. The summed E-state index contributed by atoms with van der Waals surface area (Å²) in [6.07, 6.45) is 0. The van der Waals surface area contributed by atoms with Gasteiger partial charge in [0, 0.05) is 10.5 Å². The van der Waals surface area contributed by atoms with Crippen LogP contribution in [0.15, 0.2) is 69.0 Å². The van der Waals surface area contributed by atoms with Crippen LogP contribution in [0.1, 0.15) is 5.69 Å². The lowest BCUT2D eigenvalue weighted by Gasteiger charge is -2.01. The molecule has 2 aromatic carbocycles. The number of aryl methyl sites for hydroxylation is 1. The molecule has 0 bridgehead atoms. The minimum Gasteiger partial charge on any atom is -0.497 e. The van der Waals surface area contributed by atoms with Crippen LogP contribution in [0.4, 0.5) is 0 Å². The van der Waals surface area contributed by atoms with Gasteiger partial charge in [-0.1, -0.05) is 30.0 Å². The molecule has 1 heterocycles. The van der Waals surface area contributed by atoms with Gasteiger partial charge in [-0.05, 0) is 43.3 Å². The van der Waals surface area contributed by atoms with Crippen molar-refractivity contribution in [2.45, 2.75) is 16.9 Å². The van der Waals surface area contributed by atoms with E-state index in [0.29, 0.717) is 5.89 Å². The highest BCUT2D eigenvalue weighted by Gasteiger charge is 2.12. The van der Waals surface area contributed by atoms with E-state index in [1.54, 1.807) is 18.9 Å². The zero-order valence-corrected chi connectivity index (χ0v) is 12.7. The summed E-state index contributed by atoms with van der Waals surface area (Å²) in [6.45, 7) is 1.96. The molecule has 0 fully saturated rings. The molecule has 0 radical (unpaired) electrons. The average Bonchev–Trinajstić information content (AvgIpc) is 2.90. The normalized spacial score (nSPS) is 10.6. The lowest BCUT2D eigenvalue weighted by Crippen LogP contribution is -1.81. The second-order valence-electron chi connectivity index (χ2n) is 4.54. The number of hydrogen-bond donors (Lipinski definition) is 0. The van der Waals surface area contributed by atoms with Crippen LogP contribution in [0, 0.1) is 6.92 Å². The van der Waals surface area contributed by atoms with Crippen molar-refractivity contribution in [3.05, 3.63) is 60.3 Å². The molecule has 0 spiro atoms. The van der Waals surface area contributed by atoms with Gasteiger partial charge in [0.05, 0.1) is 12.8 Å². The van der Waals surface area contributed by atoms with E-state index in [2.05, 4.69) is 4.98 Å². The van der Waals surface area contributed by atoms with E-state index in [0.717, 1.165) is 27.0 Å². The SMILES string of the molecule is COc1ccc(Sc2oc(-c3ccccc3)nc2C)cc1. The Morgan fingerprint density at radius 2 is 1.71 bits per heavy atom. The van der Waals surface area contributed by atoms with Crippen LogP contribution in [0.3, 0.4) is 0 Å². The summed E-state index contributed by atoms with van der Waals surface area (Å²) >= 11 is 1.56. The van der Waals surface area contributed by atoms with E-state index in [1.807, 2.05) is 61.5 Å². The smallest absolute Gasteiger partial charge is 0.227 e. The van der Waals surface area contributed by atoms with Crippen LogP contribution in [0.2, 0.25) is 0 Å². The molecule has 0 amide bonds. The van der Waals surface area contributed by atoms with E-state index >= 15 is 0 Å². The van der Waals surface area contributed by atoms with Crippen LogP contribution >= 0.6 is 11.8 Å². The summed E-state index contributed by atoms with van der Waals surface area (Å²) in [4.78, 5) is 5.59. The third-order valence-electron chi connectivity index (χ3n) is 3.04. The van der Waals surface area contributed by atoms with Crippen LogP contribution < -0.4 is 4.74 Å². The number of hydrogen-bond acceptors (Lipinski definition) is 4. The summed E-state index contributed by atoms with van der Waals surface area (Å²) in [5.41, 5.74) is 1.89. The predicted octanol–water partition coefficient (Wildman–Crippen LogP) is 4.81. The Bertz CT molecular complexity index is 720. The third-order valence-corrected chi connectivity index (χ3v) is 4.12. The van der Waals surface area contributed by atoms with Gasteiger partial charge >= 0.3 is 0 Å². The van der Waals surface area contributed by atoms with E-state index in [4.69, 9.17) is 9.15 Å². The van der Waals surface area contributed by atoms with Crippen molar-refractivity contribution in [3.8, 4) is 17.2 Å². The lowest BCUT2D eigenvalue weighted by molar-refractivity contribution is 0.414. The first-order valence-corrected chi connectivity index (χ1v) is 7.42. The first-order valence-electron chi connectivity index (χ1n) is 6.61. The maximum atomic E-state index is 5.88. The van der Waals surface area contributed by atoms with Crippen molar-refractivity contribution in [3.63, 3.8) is 0 Å². The van der Waals surface area contributed by atoms with Gasteiger partial charge in [0.1, 0.15) is 5.75 Å². The summed E-state index contributed by atoms with van der Waals surface area (Å²) < 4.78 is 11.0. The molecule has 0 N–H and O–H groups in total. The molecular weight excluding hydrogens is 282 g/mol. The quantitative estimate of drug-likeness (QED) is 0.692. The van der Waals surface area contributed by atoms with Crippen LogP contribution in [-0.2, 0) is 0 Å². The minimum absolute atomic E-state index is 0.657. The molecule has 3 rings (SSSR count). The topological polar surface area (TPSA) is 35.3 Å². The van der Waals surface area contributed by atoms with Crippen molar-refractivity contribution >= 4 is 11.8 Å². The molecule has 0 saturated heterocycles. The molecule has 106 valence electrons. The van der Waals surface area contributed by atoms with Crippen LogP contribution in [-0.4, -0.2) is 12.1 Å². The number of methoxy groups -OCH3 is 1.